The summed E-state index contributed by atoms with van der Waals surface area (Å²) < 4.78 is 5.83. The van der Waals surface area contributed by atoms with Crippen molar-refractivity contribution in [1.29, 1.82) is 0 Å². The van der Waals surface area contributed by atoms with E-state index >= 15 is 0 Å². The molecule has 0 saturated heterocycles. The SMILES string of the molecule is CCOC(=O)NC(=O)c1c(NC(=O)c2cc3ccccc3s2)sc2c1CCC2. The van der Waals surface area contributed by atoms with E-state index in [0.717, 1.165) is 39.8 Å². The van der Waals surface area contributed by atoms with Crippen LogP contribution in [0, 0.1) is 0 Å². The second-order valence-corrected chi connectivity index (χ2v) is 8.53. The van der Waals surface area contributed by atoms with Crippen LogP contribution in [0.1, 0.15) is 43.8 Å². The zero-order chi connectivity index (χ0) is 19.7. The van der Waals surface area contributed by atoms with Crippen molar-refractivity contribution in [3.63, 3.8) is 0 Å². The molecular formula is C20H18N2O4S2. The zero-order valence-corrected chi connectivity index (χ0v) is 16.8. The van der Waals surface area contributed by atoms with E-state index in [1.54, 1.807) is 6.92 Å². The maximum atomic E-state index is 12.8. The first-order valence-corrected chi connectivity index (χ1v) is 10.6. The van der Waals surface area contributed by atoms with Crippen molar-refractivity contribution in [2.45, 2.75) is 26.2 Å². The highest BCUT2D eigenvalue weighted by Gasteiger charge is 2.29. The molecule has 0 bridgehead atoms. The highest BCUT2D eigenvalue weighted by atomic mass is 32.1. The average Bonchev–Trinajstić information content (AvgIpc) is 3.35. The van der Waals surface area contributed by atoms with Gasteiger partial charge < -0.3 is 10.1 Å². The number of amides is 3. The lowest BCUT2D eigenvalue weighted by atomic mass is 10.1. The van der Waals surface area contributed by atoms with E-state index in [1.165, 1.54) is 22.7 Å². The van der Waals surface area contributed by atoms with Gasteiger partial charge >= 0.3 is 6.09 Å². The number of carbonyl (C=O) groups is 3. The molecule has 0 unspecified atom stereocenters. The number of aryl methyl sites for hydroxylation is 1. The van der Waals surface area contributed by atoms with Crippen molar-refractivity contribution in [3.05, 3.63) is 51.2 Å². The van der Waals surface area contributed by atoms with Crippen molar-refractivity contribution >= 4 is 55.7 Å². The largest absolute Gasteiger partial charge is 0.450 e. The molecule has 1 aliphatic carbocycles. The van der Waals surface area contributed by atoms with E-state index in [9.17, 15) is 14.4 Å². The second kappa shape index (κ2) is 7.73. The van der Waals surface area contributed by atoms with E-state index in [1.807, 2.05) is 30.3 Å². The number of anilines is 1. The number of fused-ring (bicyclic) bond motifs is 2. The summed E-state index contributed by atoms with van der Waals surface area (Å²) in [6.45, 7) is 1.85. The van der Waals surface area contributed by atoms with Crippen LogP contribution in [0.25, 0.3) is 10.1 Å². The topological polar surface area (TPSA) is 84.5 Å². The third-order valence-corrected chi connectivity index (χ3v) is 6.84. The highest BCUT2D eigenvalue weighted by molar-refractivity contribution is 7.21. The van der Waals surface area contributed by atoms with Crippen LogP contribution in [0.2, 0.25) is 0 Å². The van der Waals surface area contributed by atoms with Gasteiger partial charge in [0.15, 0.2) is 0 Å². The van der Waals surface area contributed by atoms with E-state index in [-0.39, 0.29) is 12.5 Å². The number of rotatable bonds is 4. The highest BCUT2D eigenvalue weighted by Crippen LogP contribution is 2.39. The average molecular weight is 415 g/mol. The first kappa shape index (κ1) is 18.6. The minimum atomic E-state index is -0.785. The summed E-state index contributed by atoms with van der Waals surface area (Å²) in [5.74, 6) is -0.796. The molecule has 6 nitrogen and oxygen atoms in total. The second-order valence-electron chi connectivity index (χ2n) is 6.34. The fraction of sp³-hybridized carbons (Fsp3) is 0.250. The van der Waals surface area contributed by atoms with Gasteiger partial charge in [-0.25, -0.2) is 4.79 Å². The number of hydrogen-bond donors (Lipinski definition) is 2. The van der Waals surface area contributed by atoms with Crippen LogP contribution in [-0.2, 0) is 17.6 Å². The first-order valence-electron chi connectivity index (χ1n) is 8.99. The molecule has 2 aromatic heterocycles. The Morgan fingerprint density at radius 3 is 2.71 bits per heavy atom. The maximum absolute atomic E-state index is 12.8. The number of carbonyl (C=O) groups excluding carboxylic acids is 3. The normalized spacial score (nSPS) is 12.6. The van der Waals surface area contributed by atoms with Gasteiger partial charge in [-0.05, 0) is 49.3 Å². The fourth-order valence-corrected chi connectivity index (χ4v) is 5.55. The Hall–Kier alpha value is -2.71. The Kier molecular flexibility index (Phi) is 5.15. The smallest absolute Gasteiger partial charge is 0.414 e. The summed E-state index contributed by atoms with van der Waals surface area (Å²) in [5, 5.41) is 6.61. The molecule has 1 aromatic carbocycles. The van der Waals surface area contributed by atoms with Gasteiger partial charge in [-0.2, -0.15) is 0 Å². The molecule has 0 saturated carbocycles. The Bertz CT molecular complexity index is 1050. The number of imide groups is 1. The number of ether oxygens (including phenoxy) is 1. The molecule has 3 amide bonds. The molecule has 0 fully saturated rings. The summed E-state index contributed by atoms with van der Waals surface area (Å²) in [5.41, 5.74) is 1.29. The third kappa shape index (κ3) is 3.53. The predicted octanol–water partition coefficient (Wildman–Crippen LogP) is 4.59. The van der Waals surface area contributed by atoms with Crippen molar-refractivity contribution in [2.75, 3.05) is 11.9 Å². The quantitative estimate of drug-likeness (QED) is 0.654. The number of hydrogen-bond acceptors (Lipinski definition) is 6. The Balaban J connectivity index is 1.61. The molecule has 0 atom stereocenters. The summed E-state index contributed by atoms with van der Waals surface area (Å²) in [6, 6.07) is 9.63. The van der Waals surface area contributed by atoms with Gasteiger partial charge in [0.2, 0.25) is 0 Å². The lowest BCUT2D eigenvalue weighted by molar-refractivity contribution is 0.0925. The minimum Gasteiger partial charge on any atom is -0.450 e. The van der Waals surface area contributed by atoms with Gasteiger partial charge in [0, 0.05) is 9.58 Å². The third-order valence-electron chi connectivity index (χ3n) is 4.52. The molecule has 144 valence electrons. The fourth-order valence-electron chi connectivity index (χ4n) is 3.31. The molecule has 0 spiro atoms. The van der Waals surface area contributed by atoms with Gasteiger partial charge in [0.25, 0.3) is 11.8 Å². The van der Waals surface area contributed by atoms with Crippen LogP contribution in [-0.4, -0.2) is 24.5 Å². The Morgan fingerprint density at radius 1 is 1.11 bits per heavy atom. The van der Waals surface area contributed by atoms with E-state index in [0.29, 0.717) is 15.4 Å². The molecule has 3 aromatic rings. The molecule has 0 aliphatic heterocycles. The Labute approximate surface area is 169 Å². The van der Waals surface area contributed by atoms with Crippen LogP contribution < -0.4 is 10.6 Å². The number of nitrogens with one attached hydrogen (secondary N) is 2. The van der Waals surface area contributed by atoms with Crippen LogP contribution in [0.3, 0.4) is 0 Å². The number of benzene rings is 1. The van der Waals surface area contributed by atoms with Crippen LogP contribution in [0.4, 0.5) is 9.80 Å². The lowest BCUT2D eigenvalue weighted by Crippen LogP contribution is -2.32. The molecule has 2 N–H and O–H groups in total. The molecule has 4 rings (SSSR count). The van der Waals surface area contributed by atoms with Crippen LogP contribution >= 0.6 is 22.7 Å². The predicted molar refractivity (Wildman–Crippen MR) is 111 cm³/mol. The molecule has 0 radical (unpaired) electrons. The standard InChI is InChI=1S/C20H18N2O4S2/c1-2-26-20(25)22-18(24)16-12-7-5-9-14(12)28-19(16)21-17(23)15-10-11-6-3-4-8-13(11)27-15/h3-4,6,8,10H,2,5,7,9H2,1H3,(H,21,23)(H,22,24,25). The molecular weight excluding hydrogens is 396 g/mol. The van der Waals surface area contributed by atoms with Crippen LogP contribution in [0.5, 0.6) is 0 Å². The Morgan fingerprint density at radius 2 is 1.93 bits per heavy atom. The molecule has 2 heterocycles. The van der Waals surface area contributed by atoms with Crippen molar-refractivity contribution in [1.82, 2.24) is 5.32 Å². The molecule has 8 heteroatoms. The molecule has 1 aliphatic rings. The molecule has 28 heavy (non-hydrogen) atoms. The van der Waals surface area contributed by atoms with Crippen molar-refractivity contribution in [2.24, 2.45) is 0 Å². The van der Waals surface area contributed by atoms with E-state index in [2.05, 4.69) is 10.6 Å². The van der Waals surface area contributed by atoms with Crippen LogP contribution in [0.15, 0.2) is 30.3 Å². The van der Waals surface area contributed by atoms with Crippen molar-refractivity contribution < 1.29 is 19.1 Å². The monoisotopic (exact) mass is 414 g/mol. The maximum Gasteiger partial charge on any atom is 0.414 e. The zero-order valence-electron chi connectivity index (χ0n) is 15.2. The van der Waals surface area contributed by atoms with E-state index in [4.69, 9.17) is 4.74 Å². The lowest BCUT2D eigenvalue weighted by Gasteiger charge is -2.08. The van der Waals surface area contributed by atoms with E-state index < -0.39 is 12.0 Å². The van der Waals surface area contributed by atoms with Gasteiger partial charge in [-0.1, -0.05) is 18.2 Å². The van der Waals surface area contributed by atoms with Gasteiger partial charge in [0.1, 0.15) is 5.00 Å². The van der Waals surface area contributed by atoms with Crippen molar-refractivity contribution in [3.8, 4) is 0 Å². The minimum absolute atomic E-state index is 0.177. The van der Waals surface area contributed by atoms with Gasteiger partial charge in [0.05, 0.1) is 17.0 Å². The first-order chi connectivity index (χ1) is 13.6. The summed E-state index contributed by atoms with van der Waals surface area (Å²) in [6.07, 6.45) is 1.81. The van der Waals surface area contributed by atoms with Gasteiger partial charge in [-0.3, -0.25) is 14.9 Å². The van der Waals surface area contributed by atoms with Gasteiger partial charge in [-0.15, -0.1) is 22.7 Å². The summed E-state index contributed by atoms with van der Waals surface area (Å²) in [4.78, 5) is 38.8. The summed E-state index contributed by atoms with van der Waals surface area (Å²) >= 11 is 2.81. The number of thiophene rings is 2. The summed E-state index contributed by atoms with van der Waals surface area (Å²) in [7, 11) is 0. The number of alkyl carbamates (subject to hydrolysis) is 1.